The van der Waals surface area contributed by atoms with Crippen LogP contribution in [0.15, 0.2) is 41.3 Å². The fourth-order valence-corrected chi connectivity index (χ4v) is 6.63. The Morgan fingerprint density at radius 1 is 1.23 bits per heavy atom. The molecule has 2 aromatic carbocycles. The van der Waals surface area contributed by atoms with Crippen molar-refractivity contribution in [1.29, 1.82) is 0 Å². The lowest BCUT2D eigenvalue weighted by Gasteiger charge is -2.27. The number of anilines is 1. The molecular formula is C24H28ClN3O5S2. The molecule has 11 heteroatoms. The van der Waals surface area contributed by atoms with E-state index in [-0.39, 0.29) is 4.90 Å². The van der Waals surface area contributed by atoms with E-state index in [1.807, 2.05) is 19.1 Å². The highest BCUT2D eigenvalue weighted by Crippen LogP contribution is 2.33. The third-order valence-electron chi connectivity index (χ3n) is 5.86. The van der Waals surface area contributed by atoms with E-state index in [2.05, 4.69) is 9.88 Å². The van der Waals surface area contributed by atoms with E-state index in [1.165, 1.54) is 35.5 Å². The topological polar surface area (TPSA) is 89.0 Å². The van der Waals surface area contributed by atoms with Gasteiger partial charge in [-0.15, -0.1) is 0 Å². The van der Waals surface area contributed by atoms with Gasteiger partial charge in [-0.05, 0) is 55.3 Å². The highest BCUT2D eigenvalue weighted by molar-refractivity contribution is 7.92. The second-order valence-electron chi connectivity index (χ2n) is 8.35. The summed E-state index contributed by atoms with van der Waals surface area (Å²) in [4.78, 5) is 21.9. The van der Waals surface area contributed by atoms with Gasteiger partial charge >= 0.3 is 0 Å². The van der Waals surface area contributed by atoms with Gasteiger partial charge in [0.2, 0.25) is 5.91 Å². The highest BCUT2D eigenvalue weighted by Gasteiger charge is 2.27. The SMILES string of the molecule is COc1ccc(S(=O)(=O)CC(=O)N(CCCN2CCOCC2)c2nc3c(C)cc(Cl)cc3s2)cc1. The number of sulfone groups is 1. The molecule has 0 N–H and O–H groups in total. The molecule has 1 aliphatic rings. The van der Waals surface area contributed by atoms with Crippen LogP contribution in [0.4, 0.5) is 5.13 Å². The van der Waals surface area contributed by atoms with Crippen LogP contribution in [0.3, 0.4) is 0 Å². The normalized spacial score (nSPS) is 14.8. The molecule has 35 heavy (non-hydrogen) atoms. The van der Waals surface area contributed by atoms with E-state index >= 15 is 0 Å². The van der Waals surface area contributed by atoms with E-state index in [0.29, 0.717) is 42.1 Å². The number of aryl methyl sites for hydroxylation is 1. The van der Waals surface area contributed by atoms with Crippen LogP contribution >= 0.6 is 22.9 Å². The molecule has 1 amide bonds. The molecule has 3 aromatic rings. The maximum atomic E-state index is 13.4. The molecule has 1 fully saturated rings. The van der Waals surface area contributed by atoms with E-state index in [4.69, 9.17) is 21.1 Å². The van der Waals surface area contributed by atoms with Gasteiger partial charge in [-0.25, -0.2) is 13.4 Å². The maximum absolute atomic E-state index is 13.4. The largest absolute Gasteiger partial charge is 0.497 e. The van der Waals surface area contributed by atoms with Crippen LogP contribution in [-0.2, 0) is 19.4 Å². The lowest BCUT2D eigenvalue weighted by molar-refractivity contribution is -0.116. The van der Waals surface area contributed by atoms with E-state index in [1.54, 1.807) is 12.1 Å². The van der Waals surface area contributed by atoms with Crippen LogP contribution in [-0.4, -0.2) is 76.5 Å². The molecule has 0 saturated carbocycles. The third kappa shape index (κ3) is 6.31. The molecule has 1 saturated heterocycles. The Bertz CT molecular complexity index is 1290. The average Bonchev–Trinajstić information content (AvgIpc) is 3.26. The number of morpholine rings is 1. The van der Waals surface area contributed by atoms with E-state index in [9.17, 15) is 13.2 Å². The Hall–Kier alpha value is -2.24. The van der Waals surface area contributed by atoms with Crippen molar-refractivity contribution < 1.29 is 22.7 Å². The van der Waals surface area contributed by atoms with Crippen molar-refractivity contribution >= 4 is 54.0 Å². The zero-order valence-corrected chi connectivity index (χ0v) is 22.1. The molecule has 4 rings (SSSR count). The molecule has 0 bridgehead atoms. The summed E-state index contributed by atoms with van der Waals surface area (Å²) in [6.07, 6.45) is 0.685. The van der Waals surface area contributed by atoms with Crippen LogP contribution < -0.4 is 9.64 Å². The first-order valence-corrected chi connectivity index (χ1v) is 14.2. The Labute approximate surface area is 214 Å². The Morgan fingerprint density at radius 3 is 2.63 bits per heavy atom. The number of aromatic nitrogens is 1. The molecule has 2 heterocycles. The summed E-state index contributed by atoms with van der Waals surface area (Å²) in [6, 6.07) is 9.68. The van der Waals surface area contributed by atoms with Crippen molar-refractivity contribution in [3.05, 3.63) is 47.0 Å². The second kappa shape index (κ2) is 11.2. The molecule has 0 atom stereocenters. The average molecular weight is 538 g/mol. The van der Waals surface area contributed by atoms with Crippen molar-refractivity contribution in [2.24, 2.45) is 0 Å². The van der Waals surface area contributed by atoms with Crippen molar-refractivity contribution in [3.8, 4) is 5.75 Å². The van der Waals surface area contributed by atoms with Gasteiger partial charge in [-0.2, -0.15) is 0 Å². The lowest BCUT2D eigenvalue weighted by atomic mass is 10.2. The van der Waals surface area contributed by atoms with Gasteiger partial charge in [-0.1, -0.05) is 22.9 Å². The number of carbonyl (C=O) groups excluding carboxylic acids is 1. The summed E-state index contributed by atoms with van der Waals surface area (Å²) in [5.74, 6) is -0.610. The zero-order valence-electron chi connectivity index (χ0n) is 19.7. The third-order valence-corrected chi connectivity index (χ3v) is 8.72. The molecule has 0 radical (unpaired) electrons. The Kier molecular flexibility index (Phi) is 8.28. The Morgan fingerprint density at radius 2 is 1.94 bits per heavy atom. The molecule has 0 unspecified atom stereocenters. The monoisotopic (exact) mass is 537 g/mol. The fraction of sp³-hybridized carbons (Fsp3) is 0.417. The molecule has 0 aliphatic carbocycles. The highest BCUT2D eigenvalue weighted by atomic mass is 35.5. The molecule has 0 spiro atoms. The number of carbonyl (C=O) groups is 1. The summed E-state index contributed by atoms with van der Waals surface area (Å²) in [7, 11) is -2.34. The maximum Gasteiger partial charge on any atom is 0.244 e. The summed E-state index contributed by atoms with van der Waals surface area (Å²) in [6.45, 7) is 6.14. The number of rotatable bonds is 9. The molecular weight excluding hydrogens is 510 g/mol. The number of ether oxygens (including phenoxy) is 2. The van der Waals surface area contributed by atoms with Crippen molar-refractivity contribution in [2.45, 2.75) is 18.2 Å². The van der Waals surface area contributed by atoms with Gasteiger partial charge in [0, 0.05) is 31.2 Å². The van der Waals surface area contributed by atoms with E-state index < -0.39 is 21.5 Å². The van der Waals surface area contributed by atoms with E-state index in [0.717, 1.165) is 35.4 Å². The van der Waals surface area contributed by atoms with Crippen LogP contribution in [0.25, 0.3) is 10.2 Å². The molecule has 1 aromatic heterocycles. The quantitative estimate of drug-likeness (QED) is 0.410. The van der Waals surface area contributed by atoms with Crippen LogP contribution in [0, 0.1) is 6.92 Å². The number of fused-ring (bicyclic) bond motifs is 1. The van der Waals surface area contributed by atoms with Crippen molar-refractivity contribution in [2.75, 3.05) is 57.2 Å². The molecule has 188 valence electrons. The van der Waals surface area contributed by atoms with Crippen LogP contribution in [0.1, 0.15) is 12.0 Å². The first-order chi connectivity index (χ1) is 16.8. The zero-order chi connectivity index (χ0) is 25.0. The van der Waals surface area contributed by atoms with Gasteiger partial charge in [0.15, 0.2) is 15.0 Å². The van der Waals surface area contributed by atoms with Gasteiger partial charge < -0.3 is 9.47 Å². The number of halogens is 1. The number of thiazole rings is 1. The summed E-state index contributed by atoms with van der Waals surface area (Å²) >= 11 is 7.56. The molecule has 8 nitrogen and oxygen atoms in total. The number of nitrogens with zero attached hydrogens (tertiary/aromatic N) is 3. The first-order valence-electron chi connectivity index (χ1n) is 11.3. The number of methoxy groups -OCH3 is 1. The van der Waals surface area contributed by atoms with Gasteiger partial charge in [0.1, 0.15) is 11.5 Å². The number of amides is 1. The van der Waals surface area contributed by atoms with Crippen molar-refractivity contribution in [3.63, 3.8) is 0 Å². The van der Waals surface area contributed by atoms with Gasteiger partial charge in [-0.3, -0.25) is 14.6 Å². The standard InChI is InChI=1S/C24H28ClN3O5S2/c1-17-14-18(25)15-21-23(17)26-24(34-21)28(9-3-8-27-10-12-33-13-11-27)22(29)16-35(30,31)20-6-4-19(32-2)5-7-20/h4-7,14-15H,3,8-13,16H2,1-2H3. The minimum absolute atomic E-state index is 0.0758. The summed E-state index contributed by atoms with van der Waals surface area (Å²) in [5.41, 5.74) is 1.67. The minimum Gasteiger partial charge on any atom is -0.497 e. The smallest absolute Gasteiger partial charge is 0.244 e. The van der Waals surface area contributed by atoms with Crippen LogP contribution in [0.5, 0.6) is 5.75 Å². The van der Waals surface area contributed by atoms with Crippen molar-refractivity contribution in [1.82, 2.24) is 9.88 Å². The van der Waals surface area contributed by atoms with Gasteiger partial charge in [0.25, 0.3) is 0 Å². The summed E-state index contributed by atoms with van der Waals surface area (Å²) in [5, 5.41) is 1.07. The first kappa shape index (κ1) is 25.8. The number of hydrogen-bond donors (Lipinski definition) is 0. The fourth-order valence-electron chi connectivity index (χ4n) is 3.97. The summed E-state index contributed by atoms with van der Waals surface area (Å²) < 4.78 is 37.4. The van der Waals surface area contributed by atoms with Gasteiger partial charge in [0.05, 0.1) is 35.4 Å². The molecule has 1 aliphatic heterocycles. The Balaban J connectivity index is 1.57. The lowest BCUT2D eigenvalue weighted by Crippen LogP contribution is -2.40. The predicted octanol–water partition coefficient (Wildman–Crippen LogP) is 3.80. The number of hydrogen-bond acceptors (Lipinski definition) is 8. The minimum atomic E-state index is -3.85. The second-order valence-corrected chi connectivity index (χ2v) is 11.8. The van der Waals surface area contributed by atoms with Crippen LogP contribution in [0.2, 0.25) is 5.02 Å². The number of benzene rings is 2. The predicted molar refractivity (Wildman–Crippen MR) is 139 cm³/mol.